The maximum atomic E-state index is 12.6. The summed E-state index contributed by atoms with van der Waals surface area (Å²) in [5.74, 6) is -1.75. The van der Waals surface area contributed by atoms with Gasteiger partial charge in [0.15, 0.2) is 6.04 Å². The molecule has 1 aromatic carbocycles. The molecule has 0 bridgehead atoms. The molecule has 0 aromatic heterocycles. The zero-order chi connectivity index (χ0) is 13.5. The van der Waals surface area contributed by atoms with Crippen LogP contribution in [0.5, 0.6) is 0 Å². The van der Waals surface area contributed by atoms with Gasteiger partial charge in [0, 0.05) is 6.54 Å². The van der Waals surface area contributed by atoms with Crippen molar-refractivity contribution in [1.82, 2.24) is 5.32 Å². The number of benzene rings is 1. The van der Waals surface area contributed by atoms with E-state index < -0.39 is 17.9 Å². The summed E-state index contributed by atoms with van der Waals surface area (Å²) in [5, 5.41) is 2.47. The second-order valence-corrected chi connectivity index (χ2v) is 3.57. The maximum absolute atomic E-state index is 12.6. The van der Waals surface area contributed by atoms with Gasteiger partial charge in [-0.15, -0.1) is 0 Å². The summed E-state index contributed by atoms with van der Waals surface area (Å²) in [6.45, 7) is 1.96. The molecule has 0 aliphatic rings. The number of carbonyl (C=O) groups is 2. The molecule has 1 aromatic rings. The minimum absolute atomic E-state index is 0.164. The Labute approximate surface area is 104 Å². The van der Waals surface area contributed by atoms with Gasteiger partial charge in [-0.1, -0.05) is 12.1 Å². The molecule has 1 unspecified atom stereocenters. The quantitative estimate of drug-likeness (QED) is 0.586. The number of carbonyl (C=O) groups excluding carboxylic acids is 2. The van der Waals surface area contributed by atoms with Crippen LogP contribution < -0.4 is 11.1 Å². The summed E-state index contributed by atoms with van der Waals surface area (Å²) < 4.78 is 17.3. The van der Waals surface area contributed by atoms with E-state index >= 15 is 0 Å². The van der Waals surface area contributed by atoms with Crippen LogP contribution in [0.2, 0.25) is 0 Å². The van der Waals surface area contributed by atoms with E-state index in [1.807, 2.05) is 0 Å². The van der Waals surface area contributed by atoms with Crippen LogP contribution in [0.4, 0.5) is 4.39 Å². The minimum Gasteiger partial charge on any atom is -0.464 e. The summed E-state index contributed by atoms with van der Waals surface area (Å²) in [6.07, 6.45) is 0. The Kier molecular flexibility index (Phi) is 5.26. The van der Waals surface area contributed by atoms with Crippen LogP contribution >= 0.6 is 0 Å². The zero-order valence-electron chi connectivity index (χ0n) is 9.98. The van der Waals surface area contributed by atoms with Gasteiger partial charge in [-0.05, 0) is 24.6 Å². The molecule has 6 heteroatoms. The number of hydrogen-bond donors (Lipinski definition) is 2. The van der Waals surface area contributed by atoms with Crippen molar-refractivity contribution in [3.63, 3.8) is 0 Å². The third kappa shape index (κ3) is 4.14. The summed E-state index contributed by atoms with van der Waals surface area (Å²) in [4.78, 5) is 22.7. The first-order valence-electron chi connectivity index (χ1n) is 5.49. The zero-order valence-corrected chi connectivity index (χ0v) is 9.98. The van der Waals surface area contributed by atoms with Crippen molar-refractivity contribution in [2.75, 3.05) is 6.61 Å². The Balaban J connectivity index is 2.45. The van der Waals surface area contributed by atoms with Crippen molar-refractivity contribution in [2.45, 2.75) is 19.5 Å². The van der Waals surface area contributed by atoms with E-state index in [-0.39, 0.29) is 19.0 Å². The first-order chi connectivity index (χ1) is 8.54. The number of ether oxygens (including phenoxy) is 1. The van der Waals surface area contributed by atoms with Crippen LogP contribution in [0.25, 0.3) is 0 Å². The summed E-state index contributed by atoms with van der Waals surface area (Å²) in [6, 6.07) is 4.29. The van der Waals surface area contributed by atoms with Crippen LogP contribution in [0.15, 0.2) is 24.3 Å². The predicted molar refractivity (Wildman–Crippen MR) is 62.9 cm³/mol. The Morgan fingerprint density at radius 3 is 2.56 bits per heavy atom. The second-order valence-electron chi connectivity index (χ2n) is 3.57. The van der Waals surface area contributed by atoms with E-state index in [2.05, 4.69) is 10.1 Å². The Bertz CT molecular complexity index is 420. The molecule has 0 saturated carbocycles. The normalized spacial score (nSPS) is 11.7. The van der Waals surface area contributed by atoms with Crippen molar-refractivity contribution < 1.29 is 18.7 Å². The van der Waals surface area contributed by atoms with E-state index in [0.717, 1.165) is 0 Å². The Morgan fingerprint density at radius 2 is 2.00 bits per heavy atom. The van der Waals surface area contributed by atoms with Gasteiger partial charge in [0.2, 0.25) is 5.91 Å². The van der Waals surface area contributed by atoms with E-state index in [1.165, 1.54) is 24.3 Å². The molecule has 5 nitrogen and oxygen atoms in total. The molecule has 1 amide bonds. The molecule has 0 spiro atoms. The minimum atomic E-state index is -1.34. The van der Waals surface area contributed by atoms with Crippen LogP contribution in [0.3, 0.4) is 0 Å². The fraction of sp³-hybridized carbons (Fsp3) is 0.333. The number of halogens is 1. The number of amides is 1. The van der Waals surface area contributed by atoms with E-state index in [0.29, 0.717) is 5.56 Å². The Morgan fingerprint density at radius 1 is 1.39 bits per heavy atom. The molecular weight excluding hydrogens is 239 g/mol. The number of nitrogens with two attached hydrogens (primary N) is 1. The van der Waals surface area contributed by atoms with Gasteiger partial charge in [-0.25, -0.2) is 9.18 Å². The summed E-state index contributed by atoms with van der Waals surface area (Å²) in [5.41, 5.74) is 6.10. The highest BCUT2D eigenvalue weighted by Gasteiger charge is 2.22. The molecule has 0 radical (unpaired) electrons. The van der Waals surface area contributed by atoms with Crippen LogP contribution in [-0.2, 0) is 20.9 Å². The molecule has 0 heterocycles. The number of hydrogen-bond acceptors (Lipinski definition) is 4. The van der Waals surface area contributed by atoms with Crippen molar-refractivity contribution in [3.8, 4) is 0 Å². The van der Waals surface area contributed by atoms with Gasteiger partial charge >= 0.3 is 5.97 Å². The highest BCUT2D eigenvalue weighted by molar-refractivity contribution is 6.01. The van der Waals surface area contributed by atoms with E-state index in [9.17, 15) is 14.0 Å². The lowest BCUT2D eigenvalue weighted by molar-refractivity contribution is -0.148. The van der Waals surface area contributed by atoms with Gasteiger partial charge in [0.1, 0.15) is 5.82 Å². The van der Waals surface area contributed by atoms with Crippen molar-refractivity contribution in [2.24, 2.45) is 5.73 Å². The van der Waals surface area contributed by atoms with Crippen LogP contribution in [-0.4, -0.2) is 24.5 Å². The number of esters is 1. The first-order valence-corrected chi connectivity index (χ1v) is 5.49. The van der Waals surface area contributed by atoms with E-state index in [1.54, 1.807) is 6.92 Å². The van der Waals surface area contributed by atoms with Gasteiger partial charge in [0.05, 0.1) is 6.61 Å². The molecular formula is C12H15FN2O3. The fourth-order valence-corrected chi connectivity index (χ4v) is 1.24. The topological polar surface area (TPSA) is 81.4 Å². The average molecular weight is 254 g/mol. The number of rotatable bonds is 5. The molecule has 0 saturated heterocycles. The van der Waals surface area contributed by atoms with Gasteiger partial charge in [0.25, 0.3) is 0 Å². The molecule has 0 fully saturated rings. The standard InChI is InChI=1S/C12H15FN2O3/c1-2-18-12(17)10(14)11(16)15-7-8-3-5-9(13)6-4-8/h3-6,10H,2,7,14H2,1H3,(H,15,16). The molecule has 0 aliphatic carbocycles. The van der Waals surface area contributed by atoms with Gasteiger partial charge in [-0.2, -0.15) is 0 Å². The van der Waals surface area contributed by atoms with Crippen LogP contribution in [0.1, 0.15) is 12.5 Å². The molecule has 18 heavy (non-hydrogen) atoms. The van der Waals surface area contributed by atoms with Gasteiger partial charge in [-0.3, -0.25) is 4.79 Å². The fourth-order valence-electron chi connectivity index (χ4n) is 1.24. The van der Waals surface area contributed by atoms with Gasteiger partial charge < -0.3 is 15.8 Å². The third-order valence-electron chi connectivity index (χ3n) is 2.20. The highest BCUT2D eigenvalue weighted by Crippen LogP contribution is 2.02. The smallest absolute Gasteiger partial charge is 0.332 e. The Hall–Kier alpha value is -1.95. The first kappa shape index (κ1) is 14.1. The largest absolute Gasteiger partial charge is 0.464 e. The lowest BCUT2D eigenvalue weighted by Gasteiger charge is -2.11. The van der Waals surface area contributed by atoms with Crippen molar-refractivity contribution >= 4 is 11.9 Å². The average Bonchev–Trinajstić information content (AvgIpc) is 2.37. The lowest BCUT2D eigenvalue weighted by atomic mass is 10.2. The summed E-state index contributed by atoms with van der Waals surface area (Å²) >= 11 is 0. The van der Waals surface area contributed by atoms with Crippen LogP contribution in [0, 0.1) is 5.82 Å². The maximum Gasteiger partial charge on any atom is 0.332 e. The lowest BCUT2D eigenvalue weighted by Crippen LogP contribution is -2.46. The molecule has 1 rings (SSSR count). The second kappa shape index (κ2) is 6.70. The number of nitrogens with one attached hydrogen (secondary N) is 1. The van der Waals surface area contributed by atoms with Crippen molar-refractivity contribution in [1.29, 1.82) is 0 Å². The molecule has 0 aliphatic heterocycles. The van der Waals surface area contributed by atoms with E-state index in [4.69, 9.17) is 5.73 Å². The highest BCUT2D eigenvalue weighted by atomic mass is 19.1. The molecule has 98 valence electrons. The van der Waals surface area contributed by atoms with Crippen molar-refractivity contribution in [3.05, 3.63) is 35.6 Å². The monoisotopic (exact) mass is 254 g/mol. The SMILES string of the molecule is CCOC(=O)C(N)C(=O)NCc1ccc(F)cc1. The predicted octanol–water partition coefficient (Wildman–Crippen LogP) is 0.332. The summed E-state index contributed by atoms with van der Waals surface area (Å²) in [7, 11) is 0. The molecule has 3 N–H and O–H groups in total. The third-order valence-corrected chi connectivity index (χ3v) is 2.20. The molecule has 1 atom stereocenters.